The smallest absolute Gasteiger partial charge is 0.354 e. The predicted octanol–water partition coefficient (Wildman–Crippen LogP) is 1.31. The molecule has 0 bridgehead atoms. The summed E-state index contributed by atoms with van der Waals surface area (Å²) in [7, 11) is 1.57. The van der Waals surface area contributed by atoms with E-state index in [4.69, 9.17) is 25.8 Å². The Kier molecular flexibility index (Phi) is 7.99. The third kappa shape index (κ3) is 6.85. The van der Waals surface area contributed by atoms with Crippen LogP contribution < -0.4 is 10.1 Å². The van der Waals surface area contributed by atoms with E-state index in [1.54, 1.807) is 13.2 Å². The molecule has 0 fully saturated rings. The summed E-state index contributed by atoms with van der Waals surface area (Å²) in [6.45, 7) is 1.05. The fraction of sp³-hybridized carbons (Fsp3) is 0.375. The molecule has 146 valence electrons. The summed E-state index contributed by atoms with van der Waals surface area (Å²) in [5.41, 5.74) is -0.176. The molecule has 0 aromatic carbocycles. The van der Waals surface area contributed by atoms with Gasteiger partial charge in [0.05, 0.1) is 24.8 Å². The van der Waals surface area contributed by atoms with E-state index in [0.29, 0.717) is 24.8 Å². The average molecular weight is 399 g/mol. The van der Waals surface area contributed by atoms with E-state index in [-0.39, 0.29) is 30.5 Å². The van der Waals surface area contributed by atoms with Gasteiger partial charge in [0.15, 0.2) is 5.69 Å². The van der Waals surface area contributed by atoms with Gasteiger partial charge in [-0.3, -0.25) is 4.79 Å². The average Bonchev–Trinajstić information content (AvgIpc) is 3.03. The third-order valence-corrected chi connectivity index (χ3v) is 3.40. The summed E-state index contributed by atoms with van der Waals surface area (Å²) in [5.74, 6) is -1.35. The van der Waals surface area contributed by atoms with Crippen molar-refractivity contribution in [3.8, 4) is 5.88 Å². The zero-order valence-electron chi connectivity index (χ0n) is 14.6. The normalized spacial score (nSPS) is 10.6. The van der Waals surface area contributed by atoms with Crippen molar-refractivity contribution >= 4 is 29.3 Å². The van der Waals surface area contributed by atoms with Crippen molar-refractivity contribution < 1.29 is 28.9 Å². The molecule has 2 rings (SSSR count). The summed E-state index contributed by atoms with van der Waals surface area (Å²) >= 11 is 5.73. The Morgan fingerprint density at radius 2 is 2.04 bits per heavy atom. The molecule has 1 amide bonds. The molecule has 0 aliphatic rings. The van der Waals surface area contributed by atoms with Crippen LogP contribution in [0.25, 0.3) is 0 Å². The zero-order chi connectivity index (χ0) is 19.6. The number of anilines is 1. The molecule has 2 N–H and O–H groups in total. The lowest BCUT2D eigenvalue weighted by molar-refractivity contribution is -0.116. The fourth-order valence-corrected chi connectivity index (χ4v) is 2.09. The number of hydrogen-bond acceptors (Lipinski definition) is 7. The van der Waals surface area contributed by atoms with Crippen LogP contribution in [-0.4, -0.2) is 65.3 Å². The maximum absolute atomic E-state index is 12.1. The highest BCUT2D eigenvalue weighted by molar-refractivity contribution is 6.30. The number of methoxy groups -OCH3 is 1. The first-order chi connectivity index (χ1) is 13.0. The molecule has 0 aliphatic heterocycles. The zero-order valence-corrected chi connectivity index (χ0v) is 15.3. The maximum atomic E-state index is 12.1. The van der Waals surface area contributed by atoms with Crippen LogP contribution >= 0.6 is 11.6 Å². The van der Waals surface area contributed by atoms with Crippen molar-refractivity contribution in [1.82, 2.24) is 14.8 Å². The molecular weight excluding hydrogens is 380 g/mol. The minimum Gasteiger partial charge on any atom is -0.477 e. The molecule has 0 saturated carbocycles. The van der Waals surface area contributed by atoms with Crippen LogP contribution in [-0.2, 0) is 20.8 Å². The van der Waals surface area contributed by atoms with Crippen molar-refractivity contribution in [3.05, 3.63) is 35.1 Å². The van der Waals surface area contributed by atoms with Gasteiger partial charge < -0.3 is 24.6 Å². The van der Waals surface area contributed by atoms with Crippen molar-refractivity contribution in [2.24, 2.45) is 0 Å². The number of carbonyl (C=O) groups excluding carboxylic acids is 1. The van der Waals surface area contributed by atoms with Gasteiger partial charge in [-0.1, -0.05) is 11.6 Å². The Morgan fingerprint density at radius 3 is 2.70 bits per heavy atom. The lowest BCUT2D eigenvalue weighted by Gasteiger charge is -2.06. The molecule has 2 aromatic rings. The lowest BCUT2D eigenvalue weighted by Crippen LogP contribution is -2.22. The monoisotopic (exact) mass is 398 g/mol. The Bertz CT molecular complexity index is 765. The number of aromatic carboxylic acids is 1. The Morgan fingerprint density at radius 1 is 1.26 bits per heavy atom. The quantitative estimate of drug-likeness (QED) is 0.543. The lowest BCUT2D eigenvalue weighted by atomic mass is 10.4. The molecule has 0 atom stereocenters. The third-order valence-electron chi connectivity index (χ3n) is 3.17. The number of carboxylic acid groups (broad SMARTS) is 1. The number of carbonyl (C=O) groups is 2. The Balaban J connectivity index is 1.92. The standard InChI is InChI=1S/C16H19ClN4O6/c1-25-4-5-26-6-7-27-15-8-12(16(23)24)21(20-15)10-14(22)19-13-3-2-11(17)9-18-13/h2-3,8-9H,4-7,10H2,1H3,(H,23,24)(H,18,19,22). The molecule has 2 heterocycles. The van der Waals surface area contributed by atoms with E-state index in [9.17, 15) is 14.7 Å². The van der Waals surface area contributed by atoms with Gasteiger partial charge >= 0.3 is 5.97 Å². The predicted molar refractivity (Wildman–Crippen MR) is 95.3 cm³/mol. The van der Waals surface area contributed by atoms with Gasteiger partial charge in [0.25, 0.3) is 0 Å². The van der Waals surface area contributed by atoms with Gasteiger partial charge in [0, 0.05) is 19.4 Å². The maximum Gasteiger partial charge on any atom is 0.354 e. The number of nitrogens with one attached hydrogen (secondary N) is 1. The van der Waals surface area contributed by atoms with Gasteiger partial charge in [-0.15, -0.1) is 5.10 Å². The summed E-state index contributed by atoms with van der Waals surface area (Å²) in [6, 6.07) is 4.34. The number of halogens is 1. The number of rotatable bonds is 11. The van der Waals surface area contributed by atoms with Crippen LogP contribution in [0.1, 0.15) is 10.5 Å². The molecule has 0 radical (unpaired) electrons. The number of carboxylic acids is 1. The summed E-state index contributed by atoms with van der Waals surface area (Å²) < 4.78 is 16.5. The van der Waals surface area contributed by atoms with Crippen molar-refractivity contribution in [1.29, 1.82) is 0 Å². The van der Waals surface area contributed by atoms with Gasteiger partial charge in [-0.25, -0.2) is 14.5 Å². The number of pyridine rings is 1. The van der Waals surface area contributed by atoms with Crippen molar-refractivity contribution in [2.75, 3.05) is 38.9 Å². The molecule has 10 nitrogen and oxygen atoms in total. The molecule has 27 heavy (non-hydrogen) atoms. The molecule has 0 saturated heterocycles. The van der Waals surface area contributed by atoms with Crippen molar-refractivity contribution in [2.45, 2.75) is 6.54 Å². The minimum atomic E-state index is -1.23. The topological polar surface area (TPSA) is 125 Å². The van der Waals surface area contributed by atoms with Gasteiger partial charge in [0.2, 0.25) is 11.8 Å². The second kappa shape index (κ2) is 10.5. The Hall–Kier alpha value is -2.69. The van der Waals surface area contributed by atoms with E-state index >= 15 is 0 Å². The minimum absolute atomic E-state index is 0.0835. The van der Waals surface area contributed by atoms with E-state index in [1.807, 2.05) is 0 Å². The first kappa shape index (κ1) is 20.6. The van der Waals surface area contributed by atoms with E-state index in [2.05, 4.69) is 15.4 Å². The highest BCUT2D eigenvalue weighted by Gasteiger charge is 2.17. The van der Waals surface area contributed by atoms with Crippen LogP contribution in [0.4, 0.5) is 5.82 Å². The van der Waals surface area contributed by atoms with Crippen molar-refractivity contribution in [3.63, 3.8) is 0 Å². The van der Waals surface area contributed by atoms with Gasteiger partial charge in [0.1, 0.15) is 19.0 Å². The van der Waals surface area contributed by atoms with Crippen LogP contribution in [0.2, 0.25) is 5.02 Å². The number of hydrogen-bond donors (Lipinski definition) is 2. The molecular formula is C16H19ClN4O6. The largest absolute Gasteiger partial charge is 0.477 e. The van der Waals surface area contributed by atoms with E-state index < -0.39 is 11.9 Å². The van der Waals surface area contributed by atoms with Gasteiger partial charge in [-0.05, 0) is 12.1 Å². The Labute approximate surface area is 160 Å². The van der Waals surface area contributed by atoms with Gasteiger partial charge in [-0.2, -0.15) is 0 Å². The van der Waals surface area contributed by atoms with E-state index in [0.717, 1.165) is 4.68 Å². The number of amides is 1. The van der Waals surface area contributed by atoms with Crippen LogP contribution in [0.15, 0.2) is 24.4 Å². The summed E-state index contributed by atoms with van der Waals surface area (Å²) in [6.07, 6.45) is 1.38. The molecule has 2 aromatic heterocycles. The fourth-order valence-electron chi connectivity index (χ4n) is 1.97. The van der Waals surface area contributed by atoms with E-state index in [1.165, 1.54) is 18.3 Å². The van der Waals surface area contributed by atoms with Crippen LogP contribution in [0, 0.1) is 0 Å². The summed E-state index contributed by atoms with van der Waals surface area (Å²) in [4.78, 5) is 27.4. The first-order valence-electron chi connectivity index (χ1n) is 7.91. The first-order valence-corrected chi connectivity index (χ1v) is 8.29. The number of aromatic nitrogens is 3. The second-order valence-electron chi connectivity index (χ2n) is 5.19. The van der Waals surface area contributed by atoms with Crippen LogP contribution in [0.3, 0.4) is 0 Å². The summed E-state index contributed by atoms with van der Waals surface area (Å²) in [5, 5.41) is 16.2. The second-order valence-corrected chi connectivity index (χ2v) is 5.63. The SMILES string of the molecule is COCCOCCOc1cc(C(=O)O)n(CC(=O)Nc2ccc(Cl)cn2)n1. The highest BCUT2D eigenvalue weighted by atomic mass is 35.5. The number of ether oxygens (including phenoxy) is 3. The van der Waals surface area contributed by atoms with Crippen LogP contribution in [0.5, 0.6) is 5.88 Å². The molecule has 0 aliphatic carbocycles. The molecule has 0 spiro atoms. The molecule has 11 heteroatoms. The number of nitrogens with zero attached hydrogens (tertiary/aromatic N) is 3. The highest BCUT2D eigenvalue weighted by Crippen LogP contribution is 2.13. The molecule has 0 unspecified atom stereocenters.